The SMILES string of the molecule is Cc1ccc(C(=O)Nc2cc(C(F)(F)F)ccc2N2CCOCC2)cc1I. The minimum Gasteiger partial charge on any atom is -0.378 e. The van der Waals surface area contributed by atoms with Gasteiger partial charge in [-0.2, -0.15) is 13.2 Å². The monoisotopic (exact) mass is 490 g/mol. The molecule has 0 aliphatic carbocycles. The molecule has 1 saturated heterocycles. The molecular formula is C19H18F3IN2O2. The van der Waals surface area contributed by atoms with E-state index in [0.717, 1.165) is 21.3 Å². The van der Waals surface area contributed by atoms with Crippen LogP contribution in [0.25, 0.3) is 0 Å². The van der Waals surface area contributed by atoms with E-state index in [4.69, 9.17) is 4.74 Å². The van der Waals surface area contributed by atoms with Gasteiger partial charge in [0.1, 0.15) is 0 Å². The van der Waals surface area contributed by atoms with Crippen LogP contribution in [-0.4, -0.2) is 32.2 Å². The zero-order valence-corrected chi connectivity index (χ0v) is 16.7. The lowest BCUT2D eigenvalue weighted by Gasteiger charge is -2.31. The Morgan fingerprint density at radius 1 is 1.15 bits per heavy atom. The molecule has 1 aliphatic rings. The van der Waals surface area contributed by atoms with Crippen LogP contribution in [0.4, 0.5) is 24.5 Å². The molecule has 1 heterocycles. The molecule has 2 aromatic carbocycles. The van der Waals surface area contributed by atoms with Crippen LogP contribution >= 0.6 is 22.6 Å². The van der Waals surface area contributed by atoms with Gasteiger partial charge in [0.25, 0.3) is 5.91 Å². The first-order valence-corrected chi connectivity index (χ1v) is 9.45. The number of ether oxygens (including phenoxy) is 1. The van der Waals surface area contributed by atoms with E-state index in [9.17, 15) is 18.0 Å². The number of alkyl halides is 3. The highest BCUT2D eigenvalue weighted by molar-refractivity contribution is 14.1. The van der Waals surface area contributed by atoms with Crippen molar-refractivity contribution in [1.82, 2.24) is 0 Å². The van der Waals surface area contributed by atoms with Crippen molar-refractivity contribution in [2.45, 2.75) is 13.1 Å². The van der Waals surface area contributed by atoms with Crippen molar-refractivity contribution in [2.24, 2.45) is 0 Å². The molecule has 0 spiro atoms. The van der Waals surface area contributed by atoms with Gasteiger partial charge in [0.05, 0.1) is 30.2 Å². The van der Waals surface area contributed by atoms with Crippen LogP contribution in [0.1, 0.15) is 21.5 Å². The number of carbonyl (C=O) groups excluding carboxylic acids is 1. The molecule has 0 radical (unpaired) electrons. The van der Waals surface area contributed by atoms with Gasteiger partial charge in [-0.15, -0.1) is 0 Å². The molecule has 3 rings (SSSR count). The van der Waals surface area contributed by atoms with Crippen molar-refractivity contribution in [3.63, 3.8) is 0 Å². The van der Waals surface area contributed by atoms with Crippen LogP contribution in [-0.2, 0) is 10.9 Å². The first-order valence-electron chi connectivity index (χ1n) is 8.37. The van der Waals surface area contributed by atoms with E-state index in [-0.39, 0.29) is 5.69 Å². The molecule has 1 N–H and O–H groups in total. The van der Waals surface area contributed by atoms with Crippen molar-refractivity contribution in [1.29, 1.82) is 0 Å². The number of nitrogens with zero attached hydrogens (tertiary/aromatic N) is 1. The number of nitrogens with one attached hydrogen (secondary N) is 1. The Balaban J connectivity index is 1.94. The van der Waals surface area contributed by atoms with E-state index in [2.05, 4.69) is 27.9 Å². The van der Waals surface area contributed by atoms with Crippen LogP contribution in [0, 0.1) is 10.5 Å². The molecule has 1 fully saturated rings. The number of amides is 1. The van der Waals surface area contributed by atoms with Gasteiger partial charge in [-0.3, -0.25) is 4.79 Å². The summed E-state index contributed by atoms with van der Waals surface area (Å²) in [6.45, 7) is 4.01. The average molecular weight is 490 g/mol. The van der Waals surface area contributed by atoms with Gasteiger partial charge in [0.2, 0.25) is 0 Å². The summed E-state index contributed by atoms with van der Waals surface area (Å²) in [5.74, 6) is -0.443. The second-order valence-corrected chi connectivity index (χ2v) is 7.41. The minimum absolute atomic E-state index is 0.146. The largest absolute Gasteiger partial charge is 0.416 e. The van der Waals surface area contributed by atoms with Crippen LogP contribution in [0.2, 0.25) is 0 Å². The Labute approximate surface area is 168 Å². The molecule has 0 unspecified atom stereocenters. The molecule has 0 bridgehead atoms. The Morgan fingerprint density at radius 3 is 2.48 bits per heavy atom. The highest BCUT2D eigenvalue weighted by Crippen LogP contribution is 2.36. The summed E-state index contributed by atoms with van der Waals surface area (Å²) in [6.07, 6.45) is -4.48. The number of hydrogen-bond donors (Lipinski definition) is 1. The summed E-state index contributed by atoms with van der Waals surface area (Å²) in [5, 5.41) is 2.66. The fourth-order valence-corrected chi connectivity index (χ4v) is 3.34. The van der Waals surface area contributed by atoms with Crippen LogP contribution < -0.4 is 10.2 Å². The molecule has 27 heavy (non-hydrogen) atoms. The van der Waals surface area contributed by atoms with Gasteiger partial charge >= 0.3 is 6.18 Å². The number of rotatable bonds is 3. The Kier molecular flexibility index (Phi) is 5.95. The molecule has 144 valence electrons. The first kappa shape index (κ1) is 19.9. The fourth-order valence-electron chi connectivity index (χ4n) is 2.82. The zero-order chi connectivity index (χ0) is 19.6. The molecule has 8 heteroatoms. The lowest BCUT2D eigenvalue weighted by molar-refractivity contribution is -0.137. The molecule has 4 nitrogen and oxygen atoms in total. The lowest BCUT2D eigenvalue weighted by atomic mass is 10.1. The highest BCUT2D eigenvalue weighted by Gasteiger charge is 2.32. The Hall–Kier alpha value is -1.81. The van der Waals surface area contributed by atoms with Gasteiger partial charge in [0, 0.05) is 22.2 Å². The van der Waals surface area contributed by atoms with Crippen molar-refractivity contribution in [2.75, 3.05) is 36.5 Å². The standard InChI is InChI=1S/C19H18F3IN2O2/c1-12-2-3-13(10-15(12)23)18(26)24-16-11-14(19(20,21)22)4-5-17(16)25-6-8-27-9-7-25/h2-5,10-11H,6-9H2,1H3,(H,24,26). The van der Waals surface area contributed by atoms with Gasteiger partial charge in [0.15, 0.2) is 0 Å². The lowest BCUT2D eigenvalue weighted by Crippen LogP contribution is -2.36. The van der Waals surface area contributed by atoms with Gasteiger partial charge in [-0.1, -0.05) is 6.07 Å². The van der Waals surface area contributed by atoms with E-state index in [1.54, 1.807) is 12.1 Å². The zero-order valence-electron chi connectivity index (χ0n) is 14.6. The summed E-state index contributed by atoms with van der Waals surface area (Å²) in [5.41, 5.74) is 1.33. The van der Waals surface area contributed by atoms with Gasteiger partial charge in [-0.05, 0) is 65.4 Å². The van der Waals surface area contributed by atoms with Crippen LogP contribution in [0.3, 0.4) is 0 Å². The summed E-state index contributed by atoms with van der Waals surface area (Å²) in [6, 6.07) is 8.62. The predicted molar refractivity (Wildman–Crippen MR) is 106 cm³/mol. The molecule has 1 aliphatic heterocycles. The third kappa shape index (κ3) is 4.73. The molecule has 0 atom stereocenters. The average Bonchev–Trinajstić information content (AvgIpc) is 2.64. The number of benzene rings is 2. The second-order valence-electron chi connectivity index (χ2n) is 6.25. The normalized spacial score (nSPS) is 14.9. The number of anilines is 2. The number of carbonyl (C=O) groups is 1. The van der Waals surface area contributed by atoms with Crippen LogP contribution in [0.15, 0.2) is 36.4 Å². The molecule has 2 aromatic rings. The second kappa shape index (κ2) is 8.05. The maximum absolute atomic E-state index is 13.2. The number of halogens is 4. The topological polar surface area (TPSA) is 41.6 Å². The summed E-state index contributed by atoms with van der Waals surface area (Å²) in [4.78, 5) is 14.5. The first-order chi connectivity index (χ1) is 12.8. The Morgan fingerprint density at radius 2 is 1.85 bits per heavy atom. The maximum atomic E-state index is 13.2. The summed E-state index contributed by atoms with van der Waals surface area (Å²) in [7, 11) is 0. The van der Waals surface area contributed by atoms with Crippen molar-refractivity contribution < 1.29 is 22.7 Å². The minimum atomic E-state index is -4.48. The van der Waals surface area contributed by atoms with E-state index in [1.807, 2.05) is 17.9 Å². The molecule has 0 aromatic heterocycles. The van der Waals surface area contributed by atoms with Crippen molar-refractivity contribution >= 4 is 39.9 Å². The fraction of sp³-hybridized carbons (Fsp3) is 0.316. The summed E-state index contributed by atoms with van der Waals surface area (Å²) < 4.78 is 45.7. The van der Waals surface area contributed by atoms with Gasteiger partial charge < -0.3 is 15.0 Å². The smallest absolute Gasteiger partial charge is 0.378 e. The van der Waals surface area contributed by atoms with E-state index in [0.29, 0.717) is 37.6 Å². The van der Waals surface area contributed by atoms with E-state index < -0.39 is 17.6 Å². The number of hydrogen-bond acceptors (Lipinski definition) is 3. The van der Waals surface area contributed by atoms with Gasteiger partial charge in [-0.25, -0.2) is 0 Å². The van der Waals surface area contributed by atoms with E-state index >= 15 is 0 Å². The quantitative estimate of drug-likeness (QED) is 0.635. The molecular weight excluding hydrogens is 472 g/mol. The van der Waals surface area contributed by atoms with Crippen molar-refractivity contribution in [3.8, 4) is 0 Å². The maximum Gasteiger partial charge on any atom is 0.416 e. The Bertz CT molecular complexity index is 849. The van der Waals surface area contributed by atoms with E-state index in [1.165, 1.54) is 6.07 Å². The molecule has 0 saturated carbocycles. The van der Waals surface area contributed by atoms with Crippen molar-refractivity contribution in [3.05, 3.63) is 56.7 Å². The highest BCUT2D eigenvalue weighted by atomic mass is 127. The number of morpholine rings is 1. The predicted octanol–water partition coefficient (Wildman–Crippen LogP) is 4.71. The van der Waals surface area contributed by atoms with Crippen LogP contribution in [0.5, 0.6) is 0 Å². The molecule has 1 amide bonds. The summed E-state index contributed by atoms with van der Waals surface area (Å²) >= 11 is 2.12. The third-order valence-corrected chi connectivity index (χ3v) is 5.52. The number of aryl methyl sites for hydroxylation is 1. The third-order valence-electron chi connectivity index (χ3n) is 4.36.